The molecule has 5 nitrogen and oxygen atoms in total. The standard InChI is InChI=1S/C11H10N2O2.C2H7N/c14-10-7-9(12-11(15)13-10)6-8-4-2-1-3-5-8;1-3-2/h1-5,7H,6H2,(H2,12,13,14,15);3H,1-2H3. The van der Waals surface area contributed by atoms with Crippen LogP contribution < -0.4 is 16.6 Å². The molecule has 0 spiro atoms. The summed E-state index contributed by atoms with van der Waals surface area (Å²) in [4.78, 5) is 26.7. The quantitative estimate of drug-likeness (QED) is 0.722. The minimum atomic E-state index is -0.464. The summed E-state index contributed by atoms with van der Waals surface area (Å²) in [5.41, 5.74) is 0.840. The van der Waals surface area contributed by atoms with Crippen LogP contribution in [0.15, 0.2) is 46.0 Å². The van der Waals surface area contributed by atoms with Crippen molar-refractivity contribution in [3.63, 3.8) is 0 Å². The molecule has 0 unspecified atom stereocenters. The molecule has 0 saturated heterocycles. The average Bonchev–Trinajstić information content (AvgIpc) is 2.29. The molecule has 0 bridgehead atoms. The number of nitrogens with one attached hydrogen (secondary N) is 3. The van der Waals surface area contributed by atoms with Crippen LogP contribution in [-0.2, 0) is 6.42 Å². The predicted octanol–water partition coefficient (Wildman–Crippen LogP) is 0.490. The summed E-state index contributed by atoms with van der Waals surface area (Å²) in [6.45, 7) is 0. The fourth-order valence-electron chi connectivity index (χ4n) is 1.43. The molecule has 0 atom stereocenters. The van der Waals surface area contributed by atoms with Crippen LogP contribution in [0.5, 0.6) is 0 Å². The number of H-pyrrole nitrogens is 2. The van der Waals surface area contributed by atoms with Crippen LogP contribution in [0.2, 0.25) is 0 Å². The fourth-order valence-corrected chi connectivity index (χ4v) is 1.43. The van der Waals surface area contributed by atoms with Gasteiger partial charge in [0.2, 0.25) is 0 Å². The average molecular weight is 247 g/mol. The summed E-state index contributed by atoms with van der Waals surface area (Å²) in [7, 11) is 3.75. The Morgan fingerprint density at radius 1 is 1.06 bits per heavy atom. The number of hydrogen-bond acceptors (Lipinski definition) is 3. The maximum Gasteiger partial charge on any atom is 0.325 e. The molecule has 96 valence electrons. The highest BCUT2D eigenvalue weighted by atomic mass is 16.2. The molecule has 1 aromatic heterocycles. The summed E-state index contributed by atoms with van der Waals surface area (Å²) in [5.74, 6) is 0. The zero-order chi connectivity index (χ0) is 13.4. The summed E-state index contributed by atoms with van der Waals surface area (Å²) in [6, 6.07) is 11.0. The van der Waals surface area contributed by atoms with Crippen molar-refractivity contribution in [3.05, 3.63) is 68.5 Å². The number of rotatable bonds is 2. The monoisotopic (exact) mass is 247 g/mol. The van der Waals surface area contributed by atoms with Crippen molar-refractivity contribution in [2.24, 2.45) is 0 Å². The SMILES string of the molecule is CNC.O=c1cc(Cc2ccccc2)[nH]c(=O)[nH]1. The van der Waals surface area contributed by atoms with E-state index >= 15 is 0 Å². The molecule has 0 aliphatic heterocycles. The van der Waals surface area contributed by atoms with Crippen molar-refractivity contribution in [1.29, 1.82) is 0 Å². The molecule has 1 aromatic carbocycles. The third-order valence-electron chi connectivity index (χ3n) is 2.05. The van der Waals surface area contributed by atoms with Crippen LogP contribution in [-0.4, -0.2) is 24.1 Å². The lowest BCUT2D eigenvalue weighted by molar-refractivity contribution is 0.953. The Morgan fingerprint density at radius 2 is 1.67 bits per heavy atom. The van der Waals surface area contributed by atoms with E-state index in [0.717, 1.165) is 5.56 Å². The molecule has 0 radical (unpaired) electrons. The Hall–Kier alpha value is -2.14. The Labute approximate surface area is 105 Å². The first-order valence-corrected chi connectivity index (χ1v) is 5.60. The first-order chi connectivity index (χ1) is 8.65. The maximum absolute atomic E-state index is 11.0. The Bertz CT molecular complexity index is 544. The van der Waals surface area contributed by atoms with Crippen LogP contribution in [0.1, 0.15) is 11.3 Å². The van der Waals surface area contributed by atoms with E-state index in [4.69, 9.17) is 0 Å². The second kappa shape index (κ2) is 7.24. The first kappa shape index (κ1) is 13.9. The van der Waals surface area contributed by atoms with Gasteiger partial charge >= 0.3 is 5.69 Å². The van der Waals surface area contributed by atoms with Crippen molar-refractivity contribution in [1.82, 2.24) is 15.3 Å². The minimum Gasteiger partial charge on any atom is -0.323 e. The van der Waals surface area contributed by atoms with Gasteiger partial charge in [-0.1, -0.05) is 30.3 Å². The van der Waals surface area contributed by atoms with Gasteiger partial charge in [-0.3, -0.25) is 9.78 Å². The van der Waals surface area contributed by atoms with Crippen molar-refractivity contribution in [3.8, 4) is 0 Å². The summed E-state index contributed by atoms with van der Waals surface area (Å²) in [5, 5.41) is 2.75. The van der Waals surface area contributed by atoms with Gasteiger partial charge in [0.05, 0.1) is 0 Å². The lowest BCUT2D eigenvalue weighted by atomic mass is 10.1. The molecule has 2 aromatic rings. The van der Waals surface area contributed by atoms with Crippen molar-refractivity contribution in [2.75, 3.05) is 14.1 Å². The third kappa shape index (κ3) is 4.80. The Morgan fingerprint density at radius 3 is 2.22 bits per heavy atom. The molecule has 0 aliphatic carbocycles. The predicted molar refractivity (Wildman–Crippen MR) is 71.9 cm³/mol. The second-order valence-corrected chi connectivity index (χ2v) is 3.78. The molecule has 0 saturated carbocycles. The molecule has 0 fully saturated rings. The number of aromatic amines is 2. The fraction of sp³-hybridized carbons (Fsp3) is 0.231. The van der Waals surface area contributed by atoms with Crippen LogP contribution >= 0.6 is 0 Å². The largest absolute Gasteiger partial charge is 0.325 e. The molecular weight excluding hydrogens is 230 g/mol. The van der Waals surface area contributed by atoms with Gasteiger partial charge in [-0.25, -0.2) is 4.79 Å². The number of aromatic nitrogens is 2. The lowest BCUT2D eigenvalue weighted by Gasteiger charge is -1.99. The maximum atomic E-state index is 11.0. The highest BCUT2D eigenvalue weighted by Crippen LogP contribution is 2.03. The molecule has 3 N–H and O–H groups in total. The molecule has 0 aliphatic rings. The van der Waals surface area contributed by atoms with E-state index in [-0.39, 0.29) is 5.56 Å². The zero-order valence-electron chi connectivity index (χ0n) is 10.5. The molecule has 18 heavy (non-hydrogen) atoms. The summed E-state index contributed by atoms with van der Waals surface area (Å²) >= 11 is 0. The lowest BCUT2D eigenvalue weighted by Crippen LogP contribution is -2.22. The number of benzene rings is 1. The van der Waals surface area contributed by atoms with Gasteiger partial charge in [-0.05, 0) is 19.7 Å². The first-order valence-electron chi connectivity index (χ1n) is 5.60. The van der Waals surface area contributed by atoms with E-state index in [1.807, 2.05) is 44.4 Å². The van der Waals surface area contributed by atoms with Crippen LogP contribution in [0.4, 0.5) is 0 Å². The van der Waals surface area contributed by atoms with Gasteiger partial charge in [0, 0.05) is 18.2 Å². The second-order valence-electron chi connectivity index (χ2n) is 3.78. The number of hydrogen-bond donors (Lipinski definition) is 3. The molecule has 0 amide bonds. The van der Waals surface area contributed by atoms with E-state index in [0.29, 0.717) is 12.1 Å². The molecule has 2 rings (SSSR count). The highest BCUT2D eigenvalue weighted by molar-refractivity contribution is 5.20. The smallest absolute Gasteiger partial charge is 0.323 e. The van der Waals surface area contributed by atoms with Gasteiger partial charge in [-0.2, -0.15) is 0 Å². The van der Waals surface area contributed by atoms with Crippen molar-refractivity contribution >= 4 is 0 Å². The van der Waals surface area contributed by atoms with Crippen LogP contribution in [0.25, 0.3) is 0 Å². The van der Waals surface area contributed by atoms with Gasteiger partial charge < -0.3 is 10.3 Å². The van der Waals surface area contributed by atoms with Gasteiger partial charge in [0.25, 0.3) is 5.56 Å². The minimum absolute atomic E-state index is 0.371. The summed E-state index contributed by atoms with van der Waals surface area (Å²) in [6.07, 6.45) is 0.556. The van der Waals surface area contributed by atoms with Crippen molar-refractivity contribution in [2.45, 2.75) is 6.42 Å². The van der Waals surface area contributed by atoms with Crippen molar-refractivity contribution < 1.29 is 0 Å². The van der Waals surface area contributed by atoms with Gasteiger partial charge in [0.15, 0.2) is 0 Å². The zero-order valence-corrected chi connectivity index (χ0v) is 10.5. The van der Waals surface area contributed by atoms with E-state index < -0.39 is 5.69 Å². The van der Waals surface area contributed by atoms with E-state index in [1.54, 1.807) is 0 Å². The molecule has 1 heterocycles. The third-order valence-corrected chi connectivity index (χ3v) is 2.05. The van der Waals surface area contributed by atoms with E-state index in [9.17, 15) is 9.59 Å². The Balaban J connectivity index is 0.000000492. The Kier molecular flexibility index (Phi) is 5.60. The van der Waals surface area contributed by atoms with Gasteiger partial charge in [-0.15, -0.1) is 0 Å². The van der Waals surface area contributed by atoms with E-state index in [2.05, 4.69) is 15.3 Å². The topological polar surface area (TPSA) is 77.8 Å². The normalized spacial score (nSPS) is 9.44. The van der Waals surface area contributed by atoms with Crippen LogP contribution in [0, 0.1) is 0 Å². The summed E-state index contributed by atoms with van der Waals surface area (Å²) < 4.78 is 0. The van der Waals surface area contributed by atoms with Crippen LogP contribution in [0.3, 0.4) is 0 Å². The molecular formula is C13H17N3O2. The van der Waals surface area contributed by atoms with E-state index in [1.165, 1.54) is 6.07 Å². The van der Waals surface area contributed by atoms with Gasteiger partial charge in [0.1, 0.15) is 0 Å². The highest BCUT2D eigenvalue weighted by Gasteiger charge is 1.98. The molecule has 5 heteroatoms.